The van der Waals surface area contributed by atoms with Gasteiger partial charge in [0.15, 0.2) is 5.78 Å². The van der Waals surface area contributed by atoms with Crippen molar-refractivity contribution in [1.82, 2.24) is 0 Å². The van der Waals surface area contributed by atoms with E-state index in [-0.39, 0.29) is 24.9 Å². The first-order valence-electron chi connectivity index (χ1n) is 6.92. The third kappa shape index (κ3) is 7.75. The van der Waals surface area contributed by atoms with Crippen LogP contribution in [0.2, 0.25) is 0 Å². The monoisotopic (exact) mass is 266 g/mol. The molecule has 0 saturated heterocycles. The Labute approximate surface area is 116 Å². The Kier molecular flexibility index (Phi) is 10.0. The topological polar surface area (TPSA) is 46.5 Å². The van der Waals surface area contributed by atoms with Crippen molar-refractivity contribution in [2.24, 2.45) is 5.92 Å². The summed E-state index contributed by atoms with van der Waals surface area (Å²) in [4.78, 5) is 11.3. The number of hydrogen-bond acceptors (Lipinski definition) is 3. The van der Waals surface area contributed by atoms with Gasteiger partial charge in [0, 0.05) is 5.92 Å². The maximum atomic E-state index is 11.3. The van der Waals surface area contributed by atoms with Gasteiger partial charge in [-0.15, -0.1) is 0 Å². The molecule has 0 spiro atoms. The molecule has 108 valence electrons. The molecule has 0 aliphatic heterocycles. The van der Waals surface area contributed by atoms with Crippen LogP contribution in [0.15, 0.2) is 24.3 Å². The highest BCUT2D eigenvalue weighted by molar-refractivity contribution is 5.81. The summed E-state index contributed by atoms with van der Waals surface area (Å²) in [6.07, 6.45) is 0.789. The summed E-state index contributed by atoms with van der Waals surface area (Å²) in [5, 5.41) is 8.89. The van der Waals surface area contributed by atoms with Crippen LogP contribution in [-0.2, 0) is 22.6 Å². The van der Waals surface area contributed by atoms with E-state index in [1.54, 1.807) is 0 Å². The molecule has 0 fully saturated rings. The standard InChI is InChI=1S/C14H20O3.C2H6/c1-11(2)14(16)10-17-8-7-12-3-5-13(9-15)6-4-12;1-2/h3-6,11,15H,7-10H2,1-2H3;1-2H3. The minimum absolute atomic E-state index is 0.0406. The largest absolute Gasteiger partial charge is 0.392 e. The number of hydrogen-bond donors (Lipinski definition) is 1. The molecule has 1 aromatic carbocycles. The normalized spacial score (nSPS) is 10.0. The number of aliphatic hydroxyl groups is 1. The number of aliphatic hydroxyl groups excluding tert-OH is 1. The summed E-state index contributed by atoms with van der Waals surface area (Å²) in [5.74, 6) is 0.180. The van der Waals surface area contributed by atoms with Crippen molar-refractivity contribution < 1.29 is 14.6 Å². The number of carbonyl (C=O) groups excluding carboxylic acids is 1. The number of rotatable bonds is 7. The SMILES string of the molecule is CC.CC(C)C(=O)COCCc1ccc(CO)cc1. The molecule has 1 aromatic rings. The van der Waals surface area contributed by atoms with Crippen LogP contribution in [0.25, 0.3) is 0 Å². The molecule has 0 aliphatic rings. The van der Waals surface area contributed by atoms with Crippen molar-refractivity contribution in [3.05, 3.63) is 35.4 Å². The van der Waals surface area contributed by atoms with E-state index in [1.807, 2.05) is 52.0 Å². The van der Waals surface area contributed by atoms with E-state index in [9.17, 15) is 4.79 Å². The quantitative estimate of drug-likeness (QED) is 0.772. The molecule has 0 radical (unpaired) electrons. The van der Waals surface area contributed by atoms with Crippen LogP contribution in [-0.4, -0.2) is 24.1 Å². The number of ether oxygens (including phenoxy) is 1. The maximum Gasteiger partial charge on any atom is 0.160 e. The van der Waals surface area contributed by atoms with Gasteiger partial charge >= 0.3 is 0 Å². The van der Waals surface area contributed by atoms with E-state index in [0.717, 1.165) is 17.5 Å². The summed E-state index contributed by atoms with van der Waals surface area (Å²) >= 11 is 0. The van der Waals surface area contributed by atoms with Crippen LogP contribution in [0.5, 0.6) is 0 Å². The predicted octanol–water partition coefficient (Wildman–Crippen LogP) is 2.99. The van der Waals surface area contributed by atoms with Crippen LogP contribution in [0, 0.1) is 5.92 Å². The molecular weight excluding hydrogens is 240 g/mol. The van der Waals surface area contributed by atoms with Gasteiger partial charge in [0.2, 0.25) is 0 Å². The van der Waals surface area contributed by atoms with E-state index < -0.39 is 0 Å². The predicted molar refractivity (Wildman–Crippen MR) is 78.1 cm³/mol. The third-order valence-corrected chi connectivity index (χ3v) is 2.63. The fourth-order valence-electron chi connectivity index (χ4n) is 1.34. The molecule has 0 bridgehead atoms. The first kappa shape index (κ1) is 17.8. The van der Waals surface area contributed by atoms with Crippen molar-refractivity contribution in [3.8, 4) is 0 Å². The zero-order chi connectivity index (χ0) is 14.7. The average molecular weight is 266 g/mol. The zero-order valence-electron chi connectivity index (χ0n) is 12.5. The van der Waals surface area contributed by atoms with Crippen LogP contribution < -0.4 is 0 Å². The lowest BCUT2D eigenvalue weighted by Gasteiger charge is -2.06. The number of Topliss-reactive ketones (excluding diaryl/α,β-unsaturated/α-hetero) is 1. The molecular formula is C16H26O3. The van der Waals surface area contributed by atoms with E-state index in [4.69, 9.17) is 9.84 Å². The molecule has 0 saturated carbocycles. The molecule has 1 N–H and O–H groups in total. The molecule has 0 atom stereocenters. The van der Waals surface area contributed by atoms with Gasteiger partial charge in [0.25, 0.3) is 0 Å². The summed E-state index contributed by atoms with van der Waals surface area (Å²) in [7, 11) is 0. The van der Waals surface area contributed by atoms with Crippen LogP contribution in [0.1, 0.15) is 38.8 Å². The Morgan fingerprint density at radius 3 is 2.16 bits per heavy atom. The molecule has 0 unspecified atom stereocenters. The Balaban J connectivity index is 0.00000154. The number of carbonyl (C=O) groups is 1. The third-order valence-electron chi connectivity index (χ3n) is 2.63. The molecule has 0 aromatic heterocycles. The van der Waals surface area contributed by atoms with E-state index in [0.29, 0.717) is 6.61 Å². The lowest BCUT2D eigenvalue weighted by molar-refractivity contribution is -0.126. The lowest BCUT2D eigenvalue weighted by Crippen LogP contribution is -2.15. The van der Waals surface area contributed by atoms with E-state index in [1.165, 1.54) is 0 Å². The smallest absolute Gasteiger partial charge is 0.160 e. The molecule has 0 amide bonds. The summed E-state index contributed by atoms with van der Waals surface area (Å²) in [6, 6.07) is 7.74. The Bertz CT molecular complexity index is 342. The highest BCUT2D eigenvalue weighted by atomic mass is 16.5. The summed E-state index contributed by atoms with van der Waals surface area (Å²) in [6.45, 7) is 8.57. The fraction of sp³-hybridized carbons (Fsp3) is 0.562. The molecule has 0 aliphatic carbocycles. The van der Waals surface area contributed by atoms with E-state index >= 15 is 0 Å². The minimum Gasteiger partial charge on any atom is -0.392 e. The number of benzene rings is 1. The molecule has 3 heteroatoms. The van der Waals surface area contributed by atoms with Crippen molar-refractivity contribution in [2.45, 2.75) is 40.7 Å². The van der Waals surface area contributed by atoms with E-state index in [2.05, 4.69) is 0 Å². The second-order valence-electron chi connectivity index (χ2n) is 4.40. The first-order valence-corrected chi connectivity index (χ1v) is 6.92. The lowest BCUT2D eigenvalue weighted by atomic mass is 10.1. The van der Waals surface area contributed by atoms with Gasteiger partial charge in [-0.3, -0.25) is 4.79 Å². The Morgan fingerprint density at radius 1 is 1.16 bits per heavy atom. The fourth-order valence-corrected chi connectivity index (χ4v) is 1.34. The minimum atomic E-state index is 0.0406. The molecule has 19 heavy (non-hydrogen) atoms. The van der Waals surface area contributed by atoms with Gasteiger partial charge < -0.3 is 9.84 Å². The van der Waals surface area contributed by atoms with Crippen molar-refractivity contribution in [2.75, 3.05) is 13.2 Å². The molecule has 1 rings (SSSR count). The van der Waals surface area contributed by atoms with Gasteiger partial charge in [-0.25, -0.2) is 0 Å². The van der Waals surface area contributed by atoms with Gasteiger partial charge in [0.1, 0.15) is 6.61 Å². The van der Waals surface area contributed by atoms with Gasteiger partial charge in [-0.1, -0.05) is 52.0 Å². The zero-order valence-corrected chi connectivity index (χ0v) is 12.5. The van der Waals surface area contributed by atoms with Crippen LogP contribution in [0.4, 0.5) is 0 Å². The Hall–Kier alpha value is -1.19. The highest BCUT2D eigenvalue weighted by Crippen LogP contribution is 2.05. The first-order chi connectivity index (χ1) is 9.13. The number of ketones is 1. The summed E-state index contributed by atoms with van der Waals surface area (Å²) < 4.78 is 5.32. The van der Waals surface area contributed by atoms with Gasteiger partial charge in [0.05, 0.1) is 13.2 Å². The van der Waals surface area contributed by atoms with Crippen molar-refractivity contribution in [3.63, 3.8) is 0 Å². The molecule has 0 heterocycles. The van der Waals surface area contributed by atoms with Crippen molar-refractivity contribution >= 4 is 5.78 Å². The van der Waals surface area contributed by atoms with Gasteiger partial charge in [-0.2, -0.15) is 0 Å². The van der Waals surface area contributed by atoms with Crippen molar-refractivity contribution in [1.29, 1.82) is 0 Å². The second-order valence-corrected chi connectivity index (χ2v) is 4.40. The average Bonchev–Trinajstić information content (AvgIpc) is 2.46. The summed E-state index contributed by atoms with van der Waals surface area (Å²) in [5.41, 5.74) is 2.06. The highest BCUT2D eigenvalue weighted by Gasteiger charge is 2.06. The second kappa shape index (κ2) is 10.7. The van der Waals surface area contributed by atoms with Gasteiger partial charge in [-0.05, 0) is 17.5 Å². The van der Waals surface area contributed by atoms with Crippen LogP contribution in [0.3, 0.4) is 0 Å². The van der Waals surface area contributed by atoms with Crippen LogP contribution >= 0.6 is 0 Å². The Morgan fingerprint density at radius 2 is 1.68 bits per heavy atom. The maximum absolute atomic E-state index is 11.3. The molecule has 3 nitrogen and oxygen atoms in total.